The second kappa shape index (κ2) is 15.9. The van der Waals surface area contributed by atoms with Crippen LogP contribution in [0.2, 0.25) is 0 Å². The number of nitrogens with zero attached hydrogens (tertiary/aromatic N) is 2. The Morgan fingerprint density at radius 1 is 0.554 bits per heavy atom. The standard InChI is InChI=1S/C48H42N2O6/c1-49-42(51)32-33-50(46(49)53)45-43(52)44(56-48(38-26-14-5-15-27-38,39-28-16-6-17-29-39)40-30-18-7-19-31-40)41(55-45)34-54-47(35-20-8-2-9-21-35,36-22-10-3-11-23-36)37-24-12-4-13-25-37/h2-33,41,43-45,52H,34H2,1H3/t41-,43+,44-,45-/m1/s1. The van der Waals surface area contributed by atoms with Crippen LogP contribution in [0.15, 0.2) is 204 Å². The Morgan fingerprint density at radius 2 is 0.911 bits per heavy atom. The zero-order chi connectivity index (χ0) is 38.5. The Bertz CT molecular complexity index is 2270. The van der Waals surface area contributed by atoms with E-state index in [4.69, 9.17) is 14.2 Å². The van der Waals surface area contributed by atoms with Crippen molar-refractivity contribution in [3.05, 3.63) is 248 Å². The average Bonchev–Trinajstić information content (AvgIpc) is 3.57. The molecule has 7 aromatic rings. The van der Waals surface area contributed by atoms with Crippen molar-refractivity contribution in [1.29, 1.82) is 0 Å². The molecule has 1 N–H and O–H groups in total. The van der Waals surface area contributed by atoms with E-state index in [2.05, 4.69) is 0 Å². The summed E-state index contributed by atoms with van der Waals surface area (Å²) in [5, 5.41) is 12.5. The van der Waals surface area contributed by atoms with Gasteiger partial charge in [0.1, 0.15) is 29.5 Å². The number of rotatable bonds is 12. The van der Waals surface area contributed by atoms with E-state index >= 15 is 0 Å². The lowest BCUT2D eigenvalue weighted by Crippen LogP contribution is -2.47. The number of hydrogen-bond acceptors (Lipinski definition) is 6. The van der Waals surface area contributed by atoms with Crippen molar-refractivity contribution < 1.29 is 19.3 Å². The highest BCUT2D eigenvalue weighted by molar-refractivity contribution is 5.49. The van der Waals surface area contributed by atoms with Gasteiger partial charge in [0, 0.05) is 19.3 Å². The van der Waals surface area contributed by atoms with Crippen molar-refractivity contribution in [2.24, 2.45) is 7.05 Å². The molecule has 4 atom stereocenters. The summed E-state index contributed by atoms with van der Waals surface area (Å²) in [6.07, 6.45) is -3.23. The summed E-state index contributed by atoms with van der Waals surface area (Å²) in [6.45, 7) is -0.0636. The predicted octanol–water partition coefficient (Wildman–Crippen LogP) is 7.19. The highest BCUT2D eigenvalue weighted by atomic mass is 16.6. The molecule has 1 aliphatic heterocycles. The lowest BCUT2D eigenvalue weighted by Gasteiger charge is -2.41. The molecular weight excluding hydrogens is 701 g/mol. The highest BCUT2D eigenvalue weighted by Gasteiger charge is 2.52. The van der Waals surface area contributed by atoms with Crippen LogP contribution in [-0.4, -0.2) is 39.2 Å². The molecule has 56 heavy (non-hydrogen) atoms. The number of ether oxygens (including phenoxy) is 3. The largest absolute Gasteiger partial charge is 0.386 e. The summed E-state index contributed by atoms with van der Waals surface area (Å²) in [6, 6.07) is 61.0. The minimum Gasteiger partial charge on any atom is -0.386 e. The second-order valence-corrected chi connectivity index (χ2v) is 13.9. The first-order chi connectivity index (χ1) is 27.4. The van der Waals surface area contributed by atoms with Gasteiger partial charge < -0.3 is 19.3 Å². The van der Waals surface area contributed by atoms with Gasteiger partial charge in [0.15, 0.2) is 6.23 Å². The van der Waals surface area contributed by atoms with Crippen molar-refractivity contribution >= 4 is 0 Å². The van der Waals surface area contributed by atoms with E-state index in [0.29, 0.717) is 0 Å². The van der Waals surface area contributed by atoms with Crippen LogP contribution in [0, 0.1) is 0 Å². The summed E-state index contributed by atoms with van der Waals surface area (Å²) in [4.78, 5) is 26.1. The minimum absolute atomic E-state index is 0.0636. The Kier molecular flexibility index (Phi) is 10.4. The Balaban J connectivity index is 1.30. The molecule has 1 fully saturated rings. The van der Waals surface area contributed by atoms with Crippen LogP contribution in [0.3, 0.4) is 0 Å². The van der Waals surface area contributed by atoms with E-state index in [1.165, 1.54) is 23.9 Å². The van der Waals surface area contributed by atoms with E-state index in [-0.39, 0.29) is 6.61 Å². The van der Waals surface area contributed by atoms with Crippen LogP contribution in [0.1, 0.15) is 39.6 Å². The maximum Gasteiger partial charge on any atom is 0.332 e. The SMILES string of the molecule is Cn1c(=O)ccn([C@@H]2O[C@H](COC(c3ccccc3)(c3ccccc3)c3ccccc3)[C@@H](OC(c3ccccc3)(c3ccccc3)c3ccccc3)[C@@H]2O)c1=O. The van der Waals surface area contributed by atoms with Gasteiger partial charge in [-0.3, -0.25) is 13.9 Å². The summed E-state index contributed by atoms with van der Waals surface area (Å²) in [5.41, 5.74) is 1.73. The first-order valence-electron chi connectivity index (χ1n) is 18.7. The molecule has 0 spiro atoms. The number of aliphatic hydroxyl groups is 1. The second-order valence-electron chi connectivity index (χ2n) is 13.9. The lowest BCUT2D eigenvalue weighted by atomic mass is 9.79. The molecule has 1 aromatic heterocycles. The predicted molar refractivity (Wildman–Crippen MR) is 215 cm³/mol. The third kappa shape index (κ3) is 6.63. The molecule has 0 saturated carbocycles. The minimum atomic E-state index is -1.38. The van der Waals surface area contributed by atoms with Crippen molar-refractivity contribution in [3.63, 3.8) is 0 Å². The first-order valence-corrected chi connectivity index (χ1v) is 18.7. The van der Waals surface area contributed by atoms with Crippen LogP contribution in [0.25, 0.3) is 0 Å². The molecule has 8 rings (SSSR count). The lowest BCUT2D eigenvalue weighted by molar-refractivity contribution is -0.131. The smallest absolute Gasteiger partial charge is 0.332 e. The van der Waals surface area contributed by atoms with Gasteiger partial charge in [-0.2, -0.15) is 0 Å². The molecule has 1 saturated heterocycles. The van der Waals surface area contributed by atoms with E-state index < -0.39 is 47.0 Å². The Hall–Kier alpha value is -6.16. The fraction of sp³-hybridized carbons (Fsp3) is 0.167. The van der Waals surface area contributed by atoms with Gasteiger partial charge in [-0.05, 0) is 33.4 Å². The molecule has 0 amide bonds. The van der Waals surface area contributed by atoms with Gasteiger partial charge in [-0.15, -0.1) is 0 Å². The molecule has 1 aliphatic rings. The van der Waals surface area contributed by atoms with E-state index in [9.17, 15) is 14.7 Å². The van der Waals surface area contributed by atoms with Crippen molar-refractivity contribution in [3.8, 4) is 0 Å². The number of benzene rings is 6. The van der Waals surface area contributed by atoms with Crippen LogP contribution in [0.4, 0.5) is 0 Å². The Morgan fingerprint density at radius 3 is 1.29 bits per heavy atom. The fourth-order valence-electron chi connectivity index (χ4n) is 7.91. The van der Waals surface area contributed by atoms with Crippen molar-refractivity contribution in [2.75, 3.05) is 6.61 Å². The Labute approximate surface area is 325 Å². The van der Waals surface area contributed by atoms with Gasteiger partial charge in [-0.25, -0.2) is 4.79 Å². The molecule has 0 unspecified atom stereocenters. The third-order valence-corrected chi connectivity index (χ3v) is 10.7. The molecule has 0 aliphatic carbocycles. The molecule has 8 nitrogen and oxygen atoms in total. The molecular formula is C48H42N2O6. The topological polar surface area (TPSA) is 91.9 Å². The molecule has 6 aromatic carbocycles. The normalized spacial score (nSPS) is 18.5. The average molecular weight is 743 g/mol. The van der Waals surface area contributed by atoms with Gasteiger partial charge >= 0.3 is 5.69 Å². The van der Waals surface area contributed by atoms with Crippen molar-refractivity contribution in [2.45, 2.75) is 35.7 Å². The molecule has 0 bridgehead atoms. The zero-order valence-electron chi connectivity index (χ0n) is 30.9. The van der Waals surface area contributed by atoms with Gasteiger partial charge in [0.25, 0.3) is 5.56 Å². The highest BCUT2D eigenvalue weighted by Crippen LogP contribution is 2.46. The maximum absolute atomic E-state index is 13.6. The van der Waals surface area contributed by atoms with E-state index in [1.807, 2.05) is 182 Å². The quantitative estimate of drug-likeness (QED) is 0.133. The summed E-state index contributed by atoms with van der Waals surface area (Å²) in [7, 11) is 1.40. The van der Waals surface area contributed by atoms with Gasteiger partial charge in [-0.1, -0.05) is 182 Å². The van der Waals surface area contributed by atoms with Crippen LogP contribution in [0.5, 0.6) is 0 Å². The summed E-state index contributed by atoms with van der Waals surface area (Å²) >= 11 is 0. The number of aromatic nitrogens is 2. The molecule has 280 valence electrons. The van der Waals surface area contributed by atoms with E-state index in [0.717, 1.165) is 37.9 Å². The molecule has 0 radical (unpaired) electrons. The zero-order valence-corrected chi connectivity index (χ0v) is 30.9. The van der Waals surface area contributed by atoms with Crippen LogP contribution < -0.4 is 11.2 Å². The molecule has 2 heterocycles. The summed E-state index contributed by atoms with van der Waals surface area (Å²) in [5.74, 6) is 0. The van der Waals surface area contributed by atoms with Crippen LogP contribution in [-0.2, 0) is 32.5 Å². The first kappa shape index (κ1) is 36.8. The molecule has 8 heteroatoms. The fourth-order valence-corrected chi connectivity index (χ4v) is 7.91. The third-order valence-electron chi connectivity index (χ3n) is 10.7. The summed E-state index contributed by atoms with van der Waals surface area (Å²) < 4.78 is 23.7. The number of hydrogen-bond donors (Lipinski definition) is 1. The van der Waals surface area contributed by atoms with Gasteiger partial charge in [0.2, 0.25) is 0 Å². The van der Waals surface area contributed by atoms with Gasteiger partial charge in [0.05, 0.1) is 6.61 Å². The van der Waals surface area contributed by atoms with E-state index in [1.54, 1.807) is 0 Å². The van der Waals surface area contributed by atoms with Crippen LogP contribution >= 0.6 is 0 Å². The monoisotopic (exact) mass is 742 g/mol. The maximum atomic E-state index is 13.6. The number of aliphatic hydroxyl groups excluding tert-OH is 1. The van der Waals surface area contributed by atoms with Crippen molar-refractivity contribution in [1.82, 2.24) is 9.13 Å².